The number of hydrogen-bond acceptors (Lipinski definition) is 14. The van der Waals surface area contributed by atoms with Crippen LogP contribution in [0.15, 0.2) is 36.9 Å². The van der Waals surface area contributed by atoms with Crippen LogP contribution in [0, 0.1) is 21.4 Å². The van der Waals surface area contributed by atoms with Crippen molar-refractivity contribution in [1.29, 1.82) is 5.26 Å². The largest absolute Gasteiger partial charge is 0.474 e. The Morgan fingerprint density at radius 1 is 1.10 bits per heavy atom. The van der Waals surface area contributed by atoms with Crippen LogP contribution in [0.4, 0.5) is 23.4 Å². The number of aromatic nitrogens is 6. The van der Waals surface area contributed by atoms with Gasteiger partial charge in [-0.25, -0.2) is 23.0 Å². The molecule has 1 saturated carbocycles. The van der Waals surface area contributed by atoms with E-state index < -0.39 is 26.9 Å². The number of nitrogens with zero attached hydrogens (tertiary/aromatic N) is 10. The van der Waals surface area contributed by atoms with Crippen molar-refractivity contribution in [3.05, 3.63) is 58.3 Å². The normalized spacial score (nSPS) is 19.0. The van der Waals surface area contributed by atoms with E-state index in [1.165, 1.54) is 40.7 Å². The number of anilines is 3. The molecule has 252 valence electrons. The maximum absolute atomic E-state index is 13.2. The summed E-state index contributed by atoms with van der Waals surface area (Å²) < 4.78 is 41.0. The Morgan fingerprint density at radius 2 is 1.81 bits per heavy atom. The number of fused-ring (bicyclic) bond motifs is 1. The van der Waals surface area contributed by atoms with Crippen molar-refractivity contribution >= 4 is 44.3 Å². The molecule has 5 heterocycles. The number of nitrogens with one attached hydrogen (secondary N) is 1. The highest BCUT2D eigenvalue weighted by molar-refractivity contribution is 7.92. The first-order valence-electron chi connectivity index (χ1n) is 15.5. The van der Waals surface area contributed by atoms with Crippen LogP contribution in [0.1, 0.15) is 49.9 Å². The molecule has 0 spiro atoms. The third-order valence-electron chi connectivity index (χ3n) is 8.57. The van der Waals surface area contributed by atoms with E-state index in [1.54, 1.807) is 13.0 Å². The standard InChI is InChI=1S/C30H35N11O6S/c1-19(26-18-35-30(38(26)2)41(42)43)40(48(3,44)45)22-12-24-25(32-17-22)13-27(39-8-10-46-11-9-39)37-28(24)47-23-6-4-21(5-7-23)36-29-33-15-20(14-31)16-34-29/h12-13,15-19,21,23H,4-11H2,1-3H3,(H,33,34,36). The van der Waals surface area contributed by atoms with Gasteiger partial charge in [0.1, 0.15) is 29.9 Å². The number of nitriles is 1. The Bertz CT molecular complexity index is 1950. The third-order valence-corrected chi connectivity index (χ3v) is 9.81. The van der Waals surface area contributed by atoms with Crippen LogP contribution in [0.2, 0.25) is 0 Å². The number of pyridine rings is 2. The molecule has 2 aliphatic rings. The number of imidazole rings is 1. The lowest BCUT2D eigenvalue weighted by atomic mass is 9.93. The maximum Gasteiger partial charge on any atom is 0.434 e. The van der Waals surface area contributed by atoms with Crippen molar-refractivity contribution in [1.82, 2.24) is 29.5 Å². The highest BCUT2D eigenvalue weighted by Gasteiger charge is 2.32. The summed E-state index contributed by atoms with van der Waals surface area (Å²) in [4.78, 5) is 34.8. The molecular formula is C30H35N11O6S. The summed E-state index contributed by atoms with van der Waals surface area (Å²) in [5.41, 5.74) is 1.56. The molecule has 1 aliphatic heterocycles. The molecule has 6 rings (SSSR count). The molecular weight excluding hydrogens is 642 g/mol. The van der Waals surface area contributed by atoms with Gasteiger partial charge in [-0.15, -0.1) is 0 Å². The molecule has 1 atom stereocenters. The predicted octanol–water partition coefficient (Wildman–Crippen LogP) is 3.10. The summed E-state index contributed by atoms with van der Waals surface area (Å²) in [5, 5.41) is 24.3. The number of morpholine rings is 1. The fourth-order valence-electron chi connectivity index (χ4n) is 6.15. The van der Waals surface area contributed by atoms with E-state index in [-0.39, 0.29) is 17.8 Å². The topological polar surface area (TPSA) is 207 Å². The monoisotopic (exact) mass is 677 g/mol. The predicted molar refractivity (Wildman–Crippen MR) is 175 cm³/mol. The van der Waals surface area contributed by atoms with Crippen molar-refractivity contribution in [3.63, 3.8) is 0 Å². The van der Waals surface area contributed by atoms with E-state index in [2.05, 4.69) is 30.2 Å². The van der Waals surface area contributed by atoms with Crippen LogP contribution in [-0.2, 0) is 21.8 Å². The lowest BCUT2D eigenvalue weighted by Gasteiger charge is -2.31. The summed E-state index contributed by atoms with van der Waals surface area (Å²) >= 11 is 0. The van der Waals surface area contributed by atoms with Gasteiger partial charge in [0.25, 0.3) is 0 Å². The van der Waals surface area contributed by atoms with Gasteiger partial charge in [-0.1, -0.05) is 4.98 Å². The molecule has 1 N–H and O–H groups in total. The van der Waals surface area contributed by atoms with Gasteiger partial charge in [-0.05, 0) is 43.6 Å². The SMILES string of the molecule is CC(c1cnc([N+](=O)[O-])n1C)N(c1cnc2cc(N3CCOCC3)nc(OC3CCC(Nc4ncc(C#N)cn4)CC3)c2c1)S(C)(=O)=O. The average molecular weight is 678 g/mol. The van der Waals surface area contributed by atoms with E-state index in [4.69, 9.17) is 19.7 Å². The van der Waals surface area contributed by atoms with E-state index in [0.29, 0.717) is 66.1 Å². The minimum Gasteiger partial charge on any atom is -0.474 e. The van der Waals surface area contributed by atoms with Crippen LogP contribution in [0.5, 0.6) is 5.88 Å². The van der Waals surface area contributed by atoms with Gasteiger partial charge in [-0.2, -0.15) is 10.2 Å². The molecule has 1 unspecified atom stereocenters. The Labute approximate surface area is 276 Å². The number of nitro groups is 1. The van der Waals surface area contributed by atoms with Gasteiger partial charge in [0.15, 0.2) is 0 Å². The van der Waals surface area contributed by atoms with Crippen LogP contribution in [-0.4, -0.2) is 87.5 Å². The molecule has 0 bridgehead atoms. The van der Waals surface area contributed by atoms with Crippen LogP contribution in [0.25, 0.3) is 10.9 Å². The number of rotatable bonds is 10. The van der Waals surface area contributed by atoms with E-state index in [1.807, 2.05) is 12.1 Å². The third kappa shape index (κ3) is 6.92. The summed E-state index contributed by atoms with van der Waals surface area (Å²) in [6, 6.07) is 4.83. The second kappa shape index (κ2) is 13.5. The van der Waals surface area contributed by atoms with Crippen LogP contribution >= 0.6 is 0 Å². The highest BCUT2D eigenvalue weighted by atomic mass is 32.2. The zero-order valence-corrected chi connectivity index (χ0v) is 27.5. The van der Waals surface area contributed by atoms with Crippen molar-refractivity contribution in [2.75, 3.05) is 47.1 Å². The first-order chi connectivity index (χ1) is 23.0. The first-order valence-corrected chi connectivity index (χ1v) is 17.3. The summed E-state index contributed by atoms with van der Waals surface area (Å²) in [6.45, 7) is 4.07. The quantitative estimate of drug-likeness (QED) is 0.189. The van der Waals surface area contributed by atoms with E-state index in [0.717, 1.165) is 31.9 Å². The molecule has 18 heteroatoms. The minimum absolute atomic E-state index is 0.128. The Balaban J connectivity index is 1.30. The average Bonchev–Trinajstić information content (AvgIpc) is 3.47. The summed E-state index contributed by atoms with van der Waals surface area (Å²) in [6.07, 6.45) is 9.67. The second-order valence-corrected chi connectivity index (χ2v) is 13.7. The van der Waals surface area contributed by atoms with E-state index >= 15 is 0 Å². The lowest BCUT2D eigenvalue weighted by molar-refractivity contribution is -0.396. The van der Waals surface area contributed by atoms with Gasteiger partial charge in [-0.3, -0.25) is 9.29 Å². The van der Waals surface area contributed by atoms with Gasteiger partial charge in [0.05, 0.1) is 73.3 Å². The van der Waals surface area contributed by atoms with Crippen molar-refractivity contribution in [2.24, 2.45) is 7.05 Å². The van der Waals surface area contributed by atoms with Gasteiger partial charge >= 0.3 is 5.95 Å². The summed E-state index contributed by atoms with van der Waals surface area (Å²) in [5.74, 6) is 1.09. The molecule has 1 saturated heterocycles. The van der Waals surface area contributed by atoms with Crippen molar-refractivity contribution < 1.29 is 22.8 Å². The zero-order valence-electron chi connectivity index (χ0n) is 26.7. The van der Waals surface area contributed by atoms with Gasteiger partial charge < -0.3 is 29.8 Å². The minimum atomic E-state index is -3.90. The zero-order chi connectivity index (χ0) is 34.0. The number of hydrogen-bond donors (Lipinski definition) is 1. The molecule has 0 radical (unpaired) electrons. The smallest absolute Gasteiger partial charge is 0.434 e. The molecule has 48 heavy (non-hydrogen) atoms. The van der Waals surface area contributed by atoms with Crippen molar-refractivity contribution in [2.45, 2.75) is 50.8 Å². The fourth-order valence-corrected chi connectivity index (χ4v) is 7.32. The molecule has 1 aliphatic carbocycles. The molecule has 0 aromatic carbocycles. The molecule has 2 fully saturated rings. The number of ether oxygens (including phenoxy) is 2. The molecule has 4 aromatic rings. The highest BCUT2D eigenvalue weighted by Crippen LogP contribution is 2.36. The summed E-state index contributed by atoms with van der Waals surface area (Å²) in [7, 11) is -2.42. The van der Waals surface area contributed by atoms with Gasteiger partial charge in [0.2, 0.25) is 21.9 Å². The Kier molecular flexibility index (Phi) is 9.24. The maximum atomic E-state index is 13.2. The molecule has 17 nitrogen and oxygen atoms in total. The Morgan fingerprint density at radius 3 is 2.44 bits per heavy atom. The fraction of sp³-hybridized carbons (Fsp3) is 0.467. The Hall–Kier alpha value is -5.15. The van der Waals surface area contributed by atoms with E-state index in [9.17, 15) is 18.5 Å². The number of sulfonamides is 1. The van der Waals surface area contributed by atoms with Crippen molar-refractivity contribution in [3.8, 4) is 11.9 Å². The van der Waals surface area contributed by atoms with Crippen LogP contribution < -0.4 is 19.3 Å². The molecule has 4 aromatic heterocycles. The van der Waals surface area contributed by atoms with Gasteiger partial charge in [0, 0.05) is 25.2 Å². The molecule has 0 amide bonds. The first kappa shape index (κ1) is 32.8. The second-order valence-electron chi connectivity index (χ2n) is 11.8. The van der Waals surface area contributed by atoms with Crippen LogP contribution in [0.3, 0.4) is 0 Å². The lowest BCUT2D eigenvalue weighted by Crippen LogP contribution is -2.37.